The van der Waals surface area contributed by atoms with E-state index in [2.05, 4.69) is 33.0 Å². The zero-order valence-electron chi connectivity index (χ0n) is 11.9. The van der Waals surface area contributed by atoms with Gasteiger partial charge in [-0.05, 0) is 40.7 Å². The van der Waals surface area contributed by atoms with E-state index in [1.807, 2.05) is 7.05 Å². The Balaban J connectivity index is 3.49. The first-order chi connectivity index (χ1) is 7.60. The van der Waals surface area contributed by atoms with E-state index in [-0.39, 0.29) is 0 Å². The third-order valence-corrected chi connectivity index (χ3v) is 3.11. The predicted molar refractivity (Wildman–Crippen MR) is 71.9 cm³/mol. The number of nitrogens with one attached hydrogen (secondary N) is 1. The van der Waals surface area contributed by atoms with E-state index in [0.717, 1.165) is 6.42 Å². The van der Waals surface area contributed by atoms with Crippen LogP contribution < -0.4 is 5.32 Å². The fourth-order valence-electron chi connectivity index (χ4n) is 1.99. The molecule has 3 unspecified atom stereocenters. The molecule has 0 amide bonds. The van der Waals surface area contributed by atoms with E-state index in [4.69, 9.17) is 4.74 Å². The smallest absolute Gasteiger partial charge is 0.0565 e. The first-order valence-corrected chi connectivity index (χ1v) is 6.92. The fraction of sp³-hybridized carbons (Fsp3) is 1.00. The molecule has 0 spiro atoms. The molecule has 0 saturated carbocycles. The average Bonchev–Trinajstić information content (AvgIpc) is 2.24. The van der Waals surface area contributed by atoms with Crippen molar-refractivity contribution < 1.29 is 4.74 Å². The molecule has 0 heterocycles. The normalized spacial score (nSPS) is 17.1. The van der Waals surface area contributed by atoms with Gasteiger partial charge in [-0.3, -0.25) is 0 Å². The summed E-state index contributed by atoms with van der Waals surface area (Å²) in [5.74, 6) is 0. The molecule has 16 heavy (non-hydrogen) atoms. The van der Waals surface area contributed by atoms with E-state index in [0.29, 0.717) is 18.2 Å². The van der Waals surface area contributed by atoms with Crippen molar-refractivity contribution >= 4 is 0 Å². The van der Waals surface area contributed by atoms with Crippen molar-refractivity contribution in [2.45, 2.75) is 84.5 Å². The highest BCUT2D eigenvalue weighted by Gasteiger charge is 2.11. The van der Waals surface area contributed by atoms with Crippen LogP contribution in [0, 0.1) is 0 Å². The quantitative estimate of drug-likeness (QED) is 0.576. The maximum absolute atomic E-state index is 5.96. The first-order valence-electron chi connectivity index (χ1n) is 6.92. The molecule has 0 fully saturated rings. The topological polar surface area (TPSA) is 21.3 Å². The summed E-state index contributed by atoms with van der Waals surface area (Å²) in [6.07, 6.45) is 8.41. The zero-order chi connectivity index (χ0) is 12.4. The monoisotopic (exact) mass is 229 g/mol. The highest BCUT2D eigenvalue weighted by molar-refractivity contribution is 4.64. The van der Waals surface area contributed by atoms with Gasteiger partial charge in [-0.2, -0.15) is 0 Å². The van der Waals surface area contributed by atoms with Gasteiger partial charge in [-0.25, -0.2) is 0 Å². The summed E-state index contributed by atoms with van der Waals surface area (Å²) in [5.41, 5.74) is 0. The molecule has 0 rings (SSSR count). The molecule has 2 heteroatoms. The van der Waals surface area contributed by atoms with Crippen LogP contribution in [0.25, 0.3) is 0 Å². The number of unbranched alkanes of at least 4 members (excludes halogenated alkanes) is 3. The molecule has 0 aromatic carbocycles. The van der Waals surface area contributed by atoms with Crippen LogP contribution in [-0.2, 0) is 4.74 Å². The predicted octanol–water partition coefficient (Wildman–Crippen LogP) is 3.75. The largest absolute Gasteiger partial charge is 0.376 e. The van der Waals surface area contributed by atoms with Crippen LogP contribution in [0.15, 0.2) is 0 Å². The van der Waals surface area contributed by atoms with Crippen molar-refractivity contribution in [3.63, 3.8) is 0 Å². The highest BCUT2D eigenvalue weighted by Crippen LogP contribution is 2.12. The Morgan fingerprint density at radius 2 is 1.69 bits per heavy atom. The standard InChI is InChI=1S/C14H31NO/c1-6-7-8-9-10-13(3)16-14(4)11-12(2)15-5/h12-15H,6-11H2,1-5H3. The van der Waals surface area contributed by atoms with Crippen molar-refractivity contribution in [3.8, 4) is 0 Å². The Kier molecular flexibility index (Phi) is 10.0. The molecule has 98 valence electrons. The number of rotatable bonds is 10. The van der Waals surface area contributed by atoms with Crippen molar-refractivity contribution in [1.29, 1.82) is 0 Å². The van der Waals surface area contributed by atoms with Crippen LogP contribution >= 0.6 is 0 Å². The second-order valence-electron chi connectivity index (χ2n) is 5.03. The lowest BCUT2D eigenvalue weighted by atomic mass is 10.1. The van der Waals surface area contributed by atoms with Gasteiger partial charge < -0.3 is 10.1 Å². The Morgan fingerprint density at radius 1 is 1.00 bits per heavy atom. The van der Waals surface area contributed by atoms with Crippen molar-refractivity contribution in [3.05, 3.63) is 0 Å². The molecule has 2 nitrogen and oxygen atoms in total. The molecule has 1 N–H and O–H groups in total. The highest BCUT2D eigenvalue weighted by atomic mass is 16.5. The summed E-state index contributed by atoms with van der Waals surface area (Å²) in [6.45, 7) is 8.83. The van der Waals surface area contributed by atoms with Gasteiger partial charge in [0.05, 0.1) is 12.2 Å². The van der Waals surface area contributed by atoms with Crippen LogP contribution in [0.2, 0.25) is 0 Å². The minimum Gasteiger partial charge on any atom is -0.376 e. The minimum atomic E-state index is 0.364. The third-order valence-electron chi connectivity index (χ3n) is 3.11. The Morgan fingerprint density at radius 3 is 2.25 bits per heavy atom. The van der Waals surface area contributed by atoms with Crippen LogP contribution in [0.5, 0.6) is 0 Å². The molecule has 3 atom stereocenters. The molecule has 0 bridgehead atoms. The molecular formula is C14H31NO. The van der Waals surface area contributed by atoms with Crippen molar-refractivity contribution in [1.82, 2.24) is 5.32 Å². The molecule has 0 saturated heterocycles. The molecule has 0 aromatic heterocycles. The summed E-state index contributed by atoms with van der Waals surface area (Å²) in [6, 6.07) is 0.544. The Labute approximate surface area is 102 Å². The number of hydrogen-bond acceptors (Lipinski definition) is 2. The molecule has 0 radical (unpaired) electrons. The van der Waals surface area contributed by atoms with E-state index in [1.165, 1.54) is 32.1 Å². The van der Waals surface area contributed by atoms with E-state index < -0.39 is 0 Å². The van der Waals surface area contributed by atoms with Gasteiger partial charge >= 0.3 is 0 Å². The van der Waals surface area contributed by atoms with Gasteiger partial charge in [0.2, 0.25) is 0 Å². The van der Waals surface area contributed by atoms with Crippen LogP contribution in [0.4, 0.5) is 0 Å². The minimum absolute atomic E-state index is 0.364. The molecule has 0 aliphatic rings. The summed E-state index contributed by atoms with van der Waals surface area (Å²) >= 11 is 0. The average molecular weight is 229 g/mol. The number of ether oxygens (including phenoxy) is 1. The summed E-state index contributed by atoms with van der Waals surface area (Å²) in [4.78, 5) is 0. The Hall–Kier alpha value is -0.0800. The maximum atomic E-state index is 5.96. The molecule has 0 aliphatic heterocycles. The summed E-state index contributed by atoms with van der Waals surface area (Å²) in [5, 5.41) is 3.25. The second-order valence-corrected chi connectivity index (χ2v) is 5.03. The summed E-state index contributed by atoms with van der Waals surface area (Å²) < 4.78 is 5.96. The van der Waals surface area contributed by atoms with Crippen molar-refractivity contribution in [2.24, 2.45) is 0 Å². The summed E-state index contributed by atoms with van der Waals surface area (Å²) in [7, 11) is 2.01. The fourth-order valence-corrected chi connectivity index (χ4v) is 1.99. The van der Waals surface area contributed by atoms with E-state index >= 15 is 0 Å². The first kappa shape index (κ1) is 15.9. The third kappa shape index (κ3) is 9.17. The SMILES string of the molecule is CCCCCCC(C)OC(C)CC(C)NC. The van der Waals surface area contributed by atoms with E-state index in [9.17, 15) is 0 Å². The van der Waals surface area contributed by atoms with Gasteiger partial charge in [0, 0.05) is 6.04 Å². The molecule has 0 aliphatic carbocycles. The second kappa shape index (κ2) is 10.1. The Bertz CT molecular complexity index is 150. The van der Waals surface area contributed by atoms with Crippen LogP contribution in [-0.4, -0.2) is 25.3 Å². The van der Waals surface area contributed by atoms with Gasteiger partial charge in [0.25, 0.3) is 0 Å². The number of hydrogen-bond donors (Lipinski definition) is 1. The van der Waals surface area contributed by atoms with Gasteiger partial charge in [-0.15, -0.1) is 0 Å². The van der Waals surface area contributed by atoms with Crippen molar-refractivity contribution in [2.75, 3.05) is 7.05 Å². The van der Waals surface area contributed by atoms with Crippen LogP contribution in [0.1, 0.15) is 66.2 Å². The van der Waals surface area contributed by atoms with Gasteiger partial charge in [0.1, 0.15) is 0 Å². The lowest BCUT2D eigenvalue weighted by Gasteiger charge is -2.21. The molecule has 0 aromatic rings. The lowest BCUT2D eigenvalue weighted by Crippen LogP contribution is -2.28. The van der Waals surface area contributed by atoms with Gasteiger partial charge in [0.15, 0.2) is 0 Å². The molecular weight excluding hydrogens is 198 g/mol. The van der Waals surface area contributed by atoms with Crippen LogP contribution in [0.3, 0.4) is 0 Å². The zero-order valence-corrected chi connectivity index (χ0v) is 11.9. The maximum Gasteiger partial charge on any atom is 0.0565 e. The van der Waals surface area contributed by atoms with E-state index in [1.54, 1.807) is 0 Å². The lowest BCUT2D eigenvalue weighted by molar-refractivity contribution is -0.00476. The van der Waals surface area contributed by atoms with Gasteiger partial charge in [-0.1, -0.05) is 32.6 Å².